The molecule has 0 unspecified atom stereocenters. The fourth-order valence-corrected chi connectivity index (χ4v) is 5.65. The minimum atomic E-state index is -3.86. The maximum Gasteiger partial charge on any atom is 0.321 e. The monoisotopic (exact) mass is 557 g/mol. The Labute approximate surface area is 227 Å². The number of halogens is 1. The van der Waals surface area contributed by atoms with Crippen LogP contribution in [0.3, 0.4) is 0 Å². The molecule has 1 saturated heterocycles. The van der Waals surface area contributed by atoms with Crippen LogP contribution in [-0.4, -0.2) is 69.9 Å². The van der Waals surface area contributed by atoms with Gasteiger partial charge in [-0.05, 0) is 54.8 Å². The standard InChI is InChI=1S/C27H28ClN3O6S/c1-19(27(32)33)29-38(34,35)31-15-13-30(14-16-31)23-9-5-20(6-10-23)3-4-21-7-11-24-22(17-21)8-12-25(26(24)28)37-18-36-2/h5-12,17,19,29H,13-16,18H2,1-2H3,(H,32,33)/t19-/m1/s1. The highest BCUT2D eigenvalue weighted by Gasteiger charge is 2.29. The topological polar surface area (TPSA) is 108 Å². The molecule has 1 fully saturated rings. The molecule has 9 nitrogen and oxygen atoms in total. The Morgan fingerprint density at radius 1 is 1.05 bits per heavy atom. The average molecular weight is 558 g/mol. The number of carbonyl (C=O) groups is 1. The van der Waals surface area contributed by atoms with Crippen molar-refractivity contribution in [2.75, 3.05) is 45.0 Å². The molecule has 1 aliphatic rings. The summed E-state index contributed by atoms with van der Waals surface area (Å²) in [7, 11) is -2.31. The summed E-state index contributed by atoms with van der Waals surface area (Å²) in [4.78, 5) is 13.1. The summed E-state index contributed by atoms with van der Waals surface area (Å²) in [6.45, 7) is 2.92. The summed E-state index contributed by atoms with van der Waals surface area (Å²) in [5, 5.41) is 11.3. The molecule has 1 aliphatic heterocycles. The van der Waals surface area contributed by atoms with E-state index in [0.29, 0.717) is 23.9 Å². The van der Waals surface area contributed by atoms with Gasteiger partial charge in [0.15, 0.2) is 6.79 Å². The van der Waals surface area contributed by atoms with Gasteiger partial charge in [-0.1, -0.05) is 35.6 Å². The Morgan fingerprint density at radius 2 is 1.71 bits per heavy atom. The van der Waals surface area contributed by atoms with E-state index >= 15 is 0 Å². The van der Waals surface area contributed by atoms with E-state index < -0.39 is 22.2 Å². The van der Waals surface area contributed by atoms with Crippen LogP contribution in [0.4, 0.5) is 5.69 Å². The minimum Gasteiger partial charge on any atom is -0.480 e. The summed E-state index contributed by atoms with van der Waals surface area (Å²) in [6.07, 6.45) is 0. The first kappa shape index (κ1) is 27.7. The zero-order chi connectivity index (χ0) is 27.3. The van der Waals surface area contributed by atoms with E-state index in [0.717, 1.165) is 27.6 Å². The predicted molar refractivity (Wildman–Crippen MR) is 147 cm³/mol. The highest BCUT2D eigenvalue weighted by Crippen LogP contribution is 2.33. The van der Waals surface area contributed by atoms with Crippen molar-refractivity contribution in [3.63, 3.8) is 0 Å². The van der Waals surface area contributed by atoms with Gasteiger partial charge in [-0.3, -0.25) is 4.79 Å². The molecule has 0 aliphatic carbocycles. The number of hydrogen-bond donors (Lipinski definition) is 2. The van der Waals surface area contributed by atoms with Crippen LogP contribution in [0.5, 0.6) is 5.75 Å². The SMILES string of the molecule is COCOc1ccc2cc(C#Cc3ccc(N4CCN(S(=O)(=O)N[C@H](C)C(=O)O)CC4)cc3)ccc2c1Cl. The molecule has 4 rings (SSSR count). The molecule has 0 saturated carbocycles. The first-order valence-corrected chi connectivity index (χ1v) is 13.7. The zero-order valence-electron chi connectivity index (χ0n) is 21.0. The third-order valence-electron chi connectivity index (χ3n) is 6.11. The maximum atomic E-state index is 12.4. The van der Waals surface area contributed by atoms with E-state index in [-0.39, 0.29) is 19.9 Å². The van der Waals surface area contributed by atoms with Gasteiger partial charge in [0, 0.05) is 55.5 Å². The van der Waals surface area contributed by atoms with Crippen molar-refractivity contribution >= 4 is 44.2 Å². The molecule has 0 amide bonds. The van der Waals surface area contributed by atoms with E-state index in [9.17, 15) is 13.2 Å². The fraction of sp³-hybridized carbons (Fsp3) is 0.296. The maximum absolute atomic E-state index is 12.4. The molecule has 3 aromatic rings. The van der Waals surface area contributed by atoms with Crippen molar-refractivity contribution in [1.29, 1.82) is 0 Å². The molecular formula is C27H28ClN3O6S. The number of piperazine rings is 1. The largest absolute Gasteiger partial charge is 0.480 e. The number of nitrogens with zero attached hydrogens (tertiary/aromatic N) is 2. The molecular weight excluding hydrogens is 530 g/mol. The van der Waals surface area contributed by atoms with E-state index in [4.69, 9.17) is 26.2 Å². The van der Waals surface area contributed by atoms with E-state index in [1.807, 2.05) is 54.6 Å². The van der Waals surface area contributed by atoms with Crippen molar-refractivity contribution in [3.8, 4) is 17.6 Å². The Balaban J connectivity index is 1.38. The van der Waals surface area contributed by atoms with Gasteiger partial charge in [0.1, 0.15) is 11.8 Å². The van der Waals surface area contributed by atoms with Gasteiger partial charge in [0.25, 0.3) is 10.2 Å². The number of aliphatic carboxylic acids is 1. The Morgan fingerprint density at radius 3 is 2.37 bits per heavy atom. The van der Waals surface area contributed by atoms with E-state index in [1.165, 1.54) is 11.2 Å². The lowest BCUT2D eigenvalue weighted by molar-refractivity contribution is -0.138. The molecule has 200 valence electrons. The Bertz CT molecular complexity index is 1480. The number of anilines is 1. The lowest BCUT2D eigenvalue weighted by Crippen LogP contribution is -2.54. The van der Waals surface area contributed by atoms with Crippen LogP contribution < -0.4 is 14.4 Å². The molecule has 38 heavy (non-hydrogen) atoms. The van der Waals surface area contributed by atoms with Gasteiger partial charge < -0.3 is 19.5 Å². The summed E-state index contributed by atoms with van der Waals surface area (Å²) >= 11 is 6.47. The number of hydrogen-bond acceptors (Lipinski definition) is 6. The molecule has 2 N–H and O–H groups in total. The summed E-state index contributed by atoms with van der Waals surface area (Å²) < 4.78 is 38.7. The van der Waals surface area contributed by atoms with Gasteiger partial charge in [-0.2, -0.15) is 17.4 Å². The van der Waals surface area contributed by atoms with Crippen molar-refractivity contribution in [3.05, 3.63) is 70.7 Å². The van der Waals surface area contributed by atoms with Crippen LogP contribution in [0, 0.1) is 11.8 Å². The number of carboxylic acids is 1. The highest BCUT2D eigenvalue weighted by molar-refractivity contribution is 7.87. The number of rotatable bonds is 8. The van der Waals surface area contributed by atoms with Gasteiger partial charge >= 0.3 is 5.97 Å². The zero-order valence-corrected chi connectivity index (χ0v) is 22.6. The Kier molecular flexibility index (Phi) is 8.76. The second kappa shape index (κ2) is 12.0. The molecule has 0 bridgehead atoms. The van der Waals surface area contributed by atoms with Gasteiger partial charge in [-0.15, -0.1) is 0 Å². The van der Waals surface area contributed by atoms with Crippen molar-refractivity contribution in [1.82, 2.24) is 9.03 Å². The minimum absolute atomic E-state index is 0.122. The molecule has 0 aromatic heterocycles. The smallest absolute Gasteiger partial charge is 0.321 e. The quantitative estimate of drug-likeness (QED) is 0.323. The number of ether oxygens (including phenoxy) is 2. The summed E-state index contributed by atoms with van der Waals surface area (Å²) in [5.74, 6) is 5.71. The van der Waals surface area contributed by atoms with Crippen molar-refractivity contribution in [2.24, 2.45) is 0 Å². The van der Waals surface area contributed by atoms with Crippen LogP contribution in [0.1, 0.15) is 18.1 Å². The second-order valence-corrected chi connectivity index (χ2v) is 10.8. The first-order chi connectivity index (χ1) is 18.2. The molecule has 1 heterocycles. The average Bonchev–Trinajstić information content (AvgIpc) is 2.91. The first-order valence-electron chi connectivity index (χ1n) is 11.9. The number of methoxy groups -OCH3 is 1. The summed E-state index contributed by atoms with van der Waals surface area (Å²) in [5.41, 5.74) is 2.67. The van der Waals surface area contributed by atoms with Crippen LogP contribution in [0.15, 0.2) is 54.6 Å². The third-order valence-corrected chi connectivity index (χ3v) is 8.20. The fourth-order valence-electron chi connectivity index (χ4n) is 4.02. The lowest BCUT2D eigenvalue weighted by Gasteiger charge is -2.35. The number of nitrogens with one attached hydrogen (secondary N) is 1. The van der Waals surface area contributed by atoms with Crippen LogP contribution in [0.25, 0.3) is 10.8 Å². The molecule has 1 atom stereocenters. The van der Waals surface area contributed by atoms with E-state index in [1.54, 1.807) is 7.11 Å². The Hall–Kier alpha value is -3.33. The molecule has 0 spiro atoms. The lowest BCUT2D eigenvalue weighted by atomic mass is 10.1. The van der Waals surface area contributed by atoms with Crippen molar-refractivity contribution < 1.29 is 27.8 Å². The predicted octanol–water partition coefficient (Wildman–Crippen LogP) is 3.31. The molecule has 3 aromatic carbocycles. The van der Waals surface area contributed by atoms with Crippen LogP contribution >= 0.6 is 11.6 Å². The third kappa shape index (κ3) is 6.56. The molecule has 11 heteroatoms. The second-order valence-electron chi connectivity index (χ2n) is 8.73. The van der Waals surface area contributed by atoms with Gasteiger partial charge in [0.2, 0.25) is 0 Å². The highest BCUT2D eigenvalue weighted by atomic mass is 35.5. The van der Waals surface area contributed by atoms with Gasteiger partial charge in [0.05, 0.1) is 5.02 Å². The van der Waals surface area contributed by atoms with E-state index in [2.05, 4.69) is 21.5 Å². The van der Waals surface area contributed by atoms with Crippen LogP contribution in [0.2, 0.25) is 5.02 Å². The van der Waals surface area contributed by atoms with Gasteiger partial charge in [-0.25, -0.2) is 0 Å². The summed E-state index contributed by atoms with van der Waals surface area (Å²) in [6, 6.07) is 16.1. The van der Waals surface area contributed by atoms with Crippen molar-refractivity contribution in [2.45, 2.75) is 13.0 Å². The number of benzene rings is 3. The number of fused-ring (bicyclic) bond motifs is 1. The number of carboxylic acid groups (broad SMARTS) is 1. The van der Waals surface area contributed by atoms with Crippen LogP contribution in [-0.2, 0) is 19.7 Å². The molecule has 0 radical (unpaired) electrons. The normalized spacial score (nSPS) is 15.1.